The van der Waals surface area contributed by atoms with Crippen LogP contribution in [-0.2, 0) is 9.53 Å². The number of anilines is 3. The van der Waals surface area contributed by atoms with E-state index >= 15 is 0 Å². The van der Waals surface area contributed by atoms with Crippen molar-refractivity contribution in [3.63, 3.8) is 0 Å². The number of rotatable bonds is 5. The zero-order chi connectivity index (χ0) is 22.0. The molecule has 4 rings (SSSR count). The SMILES string of the molecule is CCOC(=O)C1=Nc2ccc(-c3ccc(N)c(OC)c3)cc2N(c2ccc(C)cc2)N1. The first kappa shape index (κ1) is 20.3. The Balaban J connectivity index is 1.82. The first-order valence-electron chi connectivity index (χ1n) is 9.97. The van der Waals surface area contributed by atoms with Crippen LogP contribution in [0.1, 0.15) is 12.5 Å². The van der Waals surface area contributed by atoms with Gasteiger partial charge in [-0.1, -0.05) is 29.8 Å². The molecule has 0 atom stereocenters. The van der Waals surface area contributed by atoms with Gasteiger partial charge in [0.05, 0.1) is 36.5 Å². The second-order valence-corrected chi connectivity index (χ2v) is 7.12. The van der Waals surface area contributed by atoms with Crippen molar-refractivity contribution in [3.8, 4) is 16.9 Å². The molecule has 0 saturated carbocycles. The zero-order valence-electron chi connectivity index (χ0n) is 17.7. The predicted molar refractivity (Wildman–Crippen MR) is 123 cm³/mol. The fourth-order valence-electron chi connectivity index (χ4n) is 3.37. The van der Waals surface area contributed by atoms with E-state index in [1.165, 1.54) is 0 Å². The third kappa shape index (κ3) is 4.02. The number of nitrogens with zero attached hydrogens (tertiary/aromatic N) is 2. The second-order valence-electron chi connectivity index (χ2n) is 7.12. The van der Waals surface area contributed by atoms with Gasteiger partial charge in [-0.05, 0) is 61.4 Å². The van der Waals surface area contributed by atoms with E-state index in [1.807, 2.05) is 72.6 Å². The third-order valence-electron chi connectivity index (χ3n) is 4.99. The summed E-state index contributed by atoms with van der Waals surface area (Å²) in [4.78, 5) is 16.8. The third-order valence-corrected chi connectivity index (χ3v) is 4.99. The summed E-state index contributed by atoms with van der Waals surface area (Å²) >= 11 is 0. The number of esters is 1. The van der Waals surface area contributed by atoms with Crippen LogP contribution < -0.4 is 20.9 Å². The number of nitrogens with two attached hydrogens (primary N) is 1. The van der Waals surface area contributed by atoms with E-state index in [1.54, 1.807) is 14.0 Å². The van der Waals surface area contributed by atoms with Gasteiger partial charge < -0.3 is 15.2 Å². The van der Waals surface area contributed by atoms with Crippen molar-refractivity contribution in [2.75, 3.05) is 24.5 Å². The van der Waals surface area contributed by atoms with Crippen molar-refractivity contribution in [2.24, 2.45) is 4.99 Å². The molecule has 158 valence electrons. The Morgan fingerprint density at radius 1 is 1.06 bits per heavy atom. The molecule has 7 nitrogen and oxygen atoms in total. The molecule has 7 heteroatoms. The predicted octanol–water partition coefficient (Wildman–Crippen LogP) is 4.50. The molecular formula is C24H24N4O3. The van der Waals surface area contributed by atoms with Crippen molar-refractivity contribution in [3.05, 3.63) is 66.2 Å². The van der Waals surface area contributed by atoms with E-state index in [2.05, 4.69) is 10.4 Å². The lowest BCUT2D eigenvalue weighted by molar-refractivity contribution is -0.135. The van der Waals surface area contributed by atoms with Gasteiger partial charge in [0.1, 0.15) is 5.75 Å². The zero-order valence-corrected chi connectivity index (χ0v) is 17.7. The van der Waals surface area contributed by atoms with Gasteiger partial charge in [-0.15, -0.1) is 0 Å². The van der Waals surface area contributed by atoms with Crippen LogP contribution in [0, 0.1) is 6.92 Å². The molecule has 3 aromatic carbocycles. The van der Waals surface area contributed by atoms with Gasteiger partial charge in [-0.3, -0.25) is 10.4 Å². The van der Waals surface area contributed by atoms with Gasteiger partial charge in [0, 0.05) is 0 Å². The standard InChI is InChI=1S/C24H24N4O3/c1-4-31-24(29)23-26-20-12-8-16(17-7-11-19(25)22(14-17)30-3)13-21(20)28(27-23)18-9-5-15(2)6-10-18/h5-14H,4,25H2,1-3H3,(H,26,27). The van der Waals surface area contributed by atoms with E-state index in [-0.39, 0.29) is 12.4 Å². The fourth-order valence-corrected chi connectivity index (χ4v) is 3.37. The maximum absolute atomic E-state index is 12.4. The lowest BCUT2D eigenvalue weighted by atomic mass is 10.0. The summed E-state index contributed by atoms with van der Waals surface area (Å²) in [6.45, 7) is 4.06. The Hall–Kier alpha value is -4.00. The van der Waals surface area contributed by atoms with Gasteiger partial charge >= 0.3 is 5.97 Å². The molecule has 0 bridgehead atoms. The highest BCUT2D eigenvalue weighted by molar-refractivity contribution is 6.37. The Morgan fingerprint density at radius 2 is 1.77 bits per heavy atom. The molecule has 1 heterocycles. The van der Waals surface area contributed by atoms with Crippen LogP contribution >= 0.6 is 0 Å². The van der Waals surface area contributed by atoms with Crippen molar-refractivity contribution in [2.45, 2.75) is 13.8 Å². The number of nitrogen functional groups attached to an aromatic ring is 1. The molecule has 1 aliphatic rings. The number of amidine groups is 1. The number of carbonyl (C=O) groups is 1. The lowest BCUT2D eigenvalue weighted by Crippen LogP contribution is -2.45. The number of hydrogen-bond acceptors (Lipinski definition) is 7. The van der Waals surface area contributed by atoms with Gasteiger partial charge in [0.25, 0.3) is 0 Å². The van der Waals surface area contributed by atoms with Crippen molar-refractivity contribution < 1.29 is 14.3 Å². The first-order valence-corrected chi connectivity index (χ1v) is 9.97. The Kier molecular flexibility index (Phi) is 5.49. The van der Waals surface area contributed by atoms with E-state index < -0.39 is 5.97 Å². The topological polar surface area (TPSA) is 89.2 Å². The average molecular weight is 416 g/mol. The van der Waals surface area contributed by atoms with Gasteiger partial charge in [0.15, 0.2) is 0 Å². The summed E-state index contributed by atoms with van der Waals surface area (Å²) in [6, 6.07) is 19.5. The van der Waals surface area contributed by atoms with Crippen molar-refractivity contribution in [1.82, 2.24) is 5.43 Å². The molecule has 0 saturated heterocycles. The molecular weight excluding hydrogens is 392 g/mol. The van der Waals surface area contributed by atoms with Crippen LogP contribution in [0.2, 0.25) is 0 Å². The number of nitrogens with one attached hydrogen (secondary N) is 1. The normalized spacial score (nSPS) is 12.5. The Bertz CT molecular complexity index is 1160. The molecule has 0 spiro atoms. The lowest BCUT2D eigenvalue weighted by Gasteiger charge is -2.31. The van der Waals surface area contributed by atoms with Crippen LogP contribution in [-0.4, -0.2) is 25.5 Å². The number of benzene rings is 3. The molecule has 3 N–H and O–H groups in total. The van der Waals surface area contributed by atoms with Crippen LogP contribution in [0.3, 0.4) is 0 Å². The van der Waals surface area contributed by atoms with Crippen LogP contribution in [0.15, 0.2) is 65.7 Å². The van der Waals surface area contributed by atoms with Gasteiger partial charge in [-0.2, -0.15) is 0 Å². The van der Waals surface area contributed by atoms with Gasteiger partial charge in [0.2, 0.25) is 5.84 Å². The summed E-state index contributed by atoms with van der Waals surface area (Å²) in [5.74, 6) is 0.251. The summed E-state index contributed by atoms with van der Waals surface area (Å²) in [6.07, 6.45) is 0. The minimum atomic E-state index is -0.502. The first-order chi connectivity index (χ1) is 15.0. The maximum atomic E-state index is 12.4. The number of ether oxygens (including phenoxy) is 2. The van der Waals surface area contributed by atoms with Crippen LogP contribution in [0.4, 0.5) is 22.7 Å². The van der Waals surface area contributed by atoms with Crippen LogP contribution in [0.5, 0.6) is 5.75 Å². The number of methoxy groups -OCH3 is 1. The van der Waals surface area contributed by atoms with E-state index in [9.17, 15) is 4.79 Å². The van der Waals surface area contributed by atoms with Crippen molar-refractivity contribution in [1.29, 1.82) is 0 Å². The van der Waals surface area contributed by atoms with Crippen LogP contribution in [0.25, 0.3) is 11.1 Å². The highest BCUT2D eigenvalue weighted by Gasteiger charge is 2.26. The Labute approximate surface area is 181 Å². The highest BCUT2D eigenvalue weighted by atomic mass is 16.5. The largest absolute Gasteiger partial charge is 0.495 e. The number of aliphatic imine (C=N–C) groups is 1. The molecule has 31 heavy (non-hydrogen) atoms. The highest BCUT2D eigenvalue weighted by Crippen LogP contribution is 2.39. The molecule has 0 aliphatic carbocycles. The molecule has 0 amide bonds. The minimum absolute atomic E-state index is 0.136. The molecule has 0 unspecified atom stereocenters. The number of carbonyl (C=O) groups excluding carboxylic acids is 1. The molecule has 0 fully saturated rings. The number of fused-ring (bicyclic) bond motifs is 1. The molecule has 0 radical (unpaired) electrons. The average Bonchev–Trinajstić information content (AvgIpc) is 2.79. The number of aryl methyl sites for hydroxylation is 1. The van der Waals surface area contributed by atoms with E-state index in [0.717, 1.165) is 28.1 Å². The fraction of sp³-hybridized carbons (Fsp3) is 0.167. The summed E-state index contributed by atoms with van der Waals surface area (Å²) in [5.41, 5.74) is 15.1. The van der Waals surface area contributed by atoms with Gasteiger partial charge in [-0.25, -0.2) is 9.79 Å². The summed E-state index contributed by atoms with van der Waals surface area (Å²) in [7, 11) is 1.59. The van der Waals surface area contributed by atoms with Crippen molar-refractivity contribution >= 4 is 34.6 Å². The number of hydrogen-bond donors (Lipinski definition) is 2. The summed E-state index contributed by atoms with van der Waals surface area (Å²) in [5, 5.41) is 1.84. The smallest absolute Gasteiger partial charge is 0.375 e. The summed E-state index contributed by atoms with van der Waals surface area (Å²) < 4.78 is 10.5. The quantitative estimate of drug-likeness (QED) is 0.470. The molecule has 1 aliphatic heterocycles. The Morgan fingerprint density at radius 3 is 2.48 bits per heavy atom. The molecule has 0 aromatic heterocycles. The molecule has 3 aromatic rings. The van der Waals surface area contributed by atoms with E-state index in [4.69, 9.17) is 15.2 Å². The monoisotopic (exact) mass is 416 g/mol. The minimum Gasteiger partial charge on any atom is -0.495 e. The maximum Gasteiger partial charge on any atom is 0.375 e. The van der Waals surface area contributed by atoms with E-state index in [0.29, 0.717) is 17.1 Å². The number of hydrazine groups is 1. The second kappa shape index (κ2) is 8.39.